The average Bonchev–Trinajstić information content (AvgIpc) is 3.06. The van der Waals surface area contributed by atoms with Crippen molar-refractivity contribution in [2.45, 2.75) is 32.7 Å². The first-order valence-corrected chi connectivity index (χ1v) is 8.59. The topological polar surface area (TPSA) is 38.1 Å². The van der Waals surface area contributed by atoms with Gasteiger partial charge in [0.05, 0.1) is 12.0 Å². The van der Waals surface area contributed by atoms with Crippen molar-refractivity contribution in [2.75, 3.05) is 13.1 Å². The van der Waals surface area contributed by atoms with Crippen LogP contribution in [0.2, 0.25) is 0 Å². The molecule has 1 aromatic carbocycles. The maximum absolute atomic E-state index is 13.2. The molecule has 0 saturated carbocycles. The Balaban J connectivity index is 1.93. The van der Waals surface area contributed by atoms with Gasteiger partial charge in [-0.1, -0.05) is 43.3 Å². The van der Waals surface area contributed by atoms with Crippen LogP contribution in [0.4, 0.5) is 0 Å². The summed E-state index contributed by atoms with van der Waals surface area (Å²) in [4.78, 5) is 19.6. The van der Waals surface area contributed by atoms with E-state index in [2.05, 4.69) is 37.5 Å². The quantitative estimate of drug-likeness (QED) is 0.861. The van der Waals surface area contributed by atoms with E-state index in [1.165, 1.54) is 5.56 Å². The Bertz CT molecular complexity index is 709. The highest BCUT2D eigenvalue weighted by Gasteiger charge is 2.29. The lowest BCUT2D eigenvalue weighted by Crippen LogP contribution is -2.42. The molecular formula is C20H25N3O. The van der Waals surface area contributed by atoms with Gasteiger partial charge in [-0.25, -0.2) is 4.98 Å². The molecule has 24 heavy (non-hydrogen) atoms. The van der Waals surface area contributed by atoms with Crippen LogP contribution in [-0.4, -0.2) is 33.4 Å². The molecule has 1 unspecified atom stereocenters. The van der Waals surface area contributed by atoms with Gasteiger partial charge in [-0.15, -0.1) is 0 Å². The molecule has 2 heterocycles. The predicted octanol–water partition coefficient (Wildman–Crippen LogP) is 3.68. The summed E-state index contributed by atoms with van der Waals surface area (Å²) in [6.07, 6.45) is 7.48. The van der Waals surface area contributed by atoms with Gasteiger partial charge in [-0.05, 0) is 37.3 Å². The summed E-state index contributed by atoms with van der Waals surface area (Å²) in [5, 5.41) is 0. The smallest absolute Gasteiger partial charge is 0.250 e. The SMILES string of the molecule is C=Cc1cn(C(C(=O)N2CCC(C)CC2)c2ccc(C)cc2)cn1. The van der Waals surface area contributed by atoms with Crippen molar-refractivity contribution < 1.29 is 4.79 Å². The number of aromatic nitrogens is 2. The van der Waals surface area contributed by atoms with Gasteiger partial charge in [0.15, 0.2) is 0 Å². The Kier molecular flexibility index (Phi) is 4.84. The number of carbonyl (C=O) groups excluding carboxylic acids is 1. The largest absolute Gasteiger partial charge is 0.341 e. The van der Waals surface area contributed by atoms with Crippen LogP contribution in [0.1, 0.15) is 42.6 Å². The number of hydrogen-bond donors (Lipinski definition) is 0. The minimum atomic E-state index is -0.361. The van der Waals surface area contributed by atoms with Crippen molar-refractivity contribution in [2.24, 2.45) is 5.92 Å². The standard InChI is InChI=1S/C20H25N3O/c1-4-18-13-23(14-21-18)19(17-7-5-15(2)6-8-17)20(24)22-11-9-16(3)10-12-22/h4-8,13-14,16,19H,1,9-12H2,2-3H3. The van der Waals surface area contributed by atoms with Gasteiger partial charge in [-0.3, -0.25) is 4.79 Å². The highest BCUT2D eigenvalue weighted by molar-refractivity contribution is 5.84. The molecule has 0 radical (unpaired) electrons. The molecule has 1 fully saturated rings. The minimum Gasteiger partial charge on any atom is -0.341 e. The number of piperidine rings is 1. The van der Waals surface area contributed by atoms with Crippen LogP contribution in [0, 0.1) is 12.8 Å². The molecule has 4 nitrogen and oxygen atoms in total. The van der Waals surface area contributed by atoms with Crippen LogP contribution in [0.15, 0.2) is 43.4 Å². The fourth-order valence-corrected chi connectivity index (χ4v) is 3.19. The van der Waals surface area contributed by atoms with Gasteiger partial charge in [0, 0.05) is 19.3 Å². The first-order valence-electron chi connectivity index (χ1n) is 8.59. The maximum atomic E-state index is 13.2. The second-order valence-corrected chi connectivity index (χ2v) is 6.77. The van der Waals surface area contributed by atoms with Gasteiger partial charge in [0.1, 0.15) is 6.04 Å². The van der Waals surface area contributed by atoms with Crippen molar-refractivity contribution in [3.63, 3.8) is 0 Å². The number of rotatable bonds is 4. The highest BCUT2D eigenvalue weighted by Crippen LogP contribution is 2.25. The summed E-state index contributed by atoms with van der Waals surface area (Å²) in [6.45, 7) is 9.75. The molecular weight excluding hydrogens is 298 g/mol. The van der Waals surface area contributed by atoms with E-state index in [4.69, 9.17) is 0 Å². The fraction of sp³-hybridized carbons (Fsp3) is 0.400. The first-order chi connectivity index (χ1) is 11.6. The van der Waals surface area contributed by atoms with Crippen LogP contribution in [0.25, 0.3) is 6.08 Å². The third-order valence-corrected chi connectivity index (χ3v) is 4.85. The lowest BCUT2D eigenvalue weighted by atomic mass is 9.97. The third kappa shape index (κ3) is 3.42. The van der Waals surface area contributed by atoms with E-state index in [-0.39, 0.29) is 11.9 Å². The Morgan fingerprint density at radius 2 is 1.96 bits per heavy atom. The van der Waals surface area contributed by atoms with Crippen LogP contribution < -0.4 is 0 Å². The van der Waals surface area contributed by atoms with E-state index in [0.717, 1.165) is 37.2 Å². The number of nitrogens with zero attached hydrogens (tertiary/aromatic N) is 3. The zero-order valence-corrected chi connectivity index (χ0v) is 14.5. The molecule has 126 valence electrons. The molecule has 2 aromatic rings. The molecule has 0 N–H and O–H groups in total. The van der Waals surface area contributed by atoms with Crippen LogP contribution in [-0.2, 0) is 4.79 Å². The average molecular weight is 323 g/mol. The minimum absolute atomic E-state index is 0.152. The monoisotopic (exact) mass is 323 g/mol. The summed E-state index contributed by atoms with van der Waals surface area (Å²) in [6, 6.07) is 7.83. The van der Waals surface area contributed by atoms with Gasteiger partial charge in [-0.2, -0.15) is 0 Å². The normalized spacial score (nSPS) is 16.8. The lowest BCUT2D eigenvalue weighted by Gasteiger charge is -2.33. The zero-order chi connectivity index (χ0) is 17.1. The van der Waals surface area contributed by atoms with E-state index in [9.17, 15) is 4.79 Å². The van der Waals surface area contributed by atoms with Crippen molar-refractivity contribution in [1.82, 2.24) is 14.5 Å². The summed E-state index contributed by atoms with van der Waals surface area (Å²) >= 11 is 0. The highest BCUT2D eigenvalue weighted by atomic mass is 16.2. The summed E-state index contributed by atoms with van der Waals surface area (Å²) in [5.41, 5.74) is 2.97. The van der Waals surface area contributed by atoms with Crippen molar-refractivity contribution in [3.8, 4) is 0 Å². The molecule has 0 bridgehead atoms. The zero-order valence-electron chi connectivity index (χ0n) is 14.5. The second-order valence-electron chi connectivity index (χ2n) is 6.77. The number of imidazole rings is 1. The molecule has 4 heteroatoms. The Hall–Kier alpha value is -2.36. The molecule has 0 spiro atoms. The Labute approximate surface area is 143 Å². The van der Waals surface area contributed by atoms with Crippen molar-refractivity contribution in [3.05, 3.63) is 60.2 Å². The van der Waals surface area contributed by atoms with Crippen LogP contribution in [0.5, 0.6) is 0 Å². The fourth-order valence-electron chi connectivity index (χ4n) is 3.19. The molecule has 1 saturated heterocycles. The Morgan fingerprint density at radius 1 is 1.29 bits per heavy atom. The second kappa shape index (κ2) is 7.04. The van der Waals surface area contributed by atoms with Gasteiger partial charge >= 0.3 is 0 Å². The maximum Gasteiger partial charge on any atom is 0.250 e. The molecule has 1 amide bonds. The number of aryl methyl sites for hydroxylation is 1. The lowest BCUT2D eigenvalue weighted by molar-refractivity contribution is -0.134. The third-order valence-electron chi connectivity index (χ3n) is 4.85. The predicted molar refractivity (Wildman–Crippen MR) is 96.6 cm³/mol. The van der Waals surface area contributed by atoms with E-state index >= 15 is 0 Å². The summed E-state index contributed by atoms with van der Waals surface area (Å²) < 4.78 is 1.90. The number of likely N-dealkylation sites (tertiary alicyclic amines) is 1. The number of hydrogen-bond acceptors (Lipinski definition) is 2. The summed E-state index contributed by atoms with van der Waals surface area (Å²) in [7, 11) is 0. The van der Waals surface area contributed by atoms with Crippen LogP contribution >= 0.6 is 0 Å². The molecule has 3 rings (SSSR count). The van der Waals surface area contributed by atoms with E-state index in [1.807, 2.05) is 27.8 Å². The number of amides is 1. The van der Waals surface area contributed by atoms with Crippen molar-refractivity contribution >= 4 is 12.0 Å². The molecule has 1 atom stereocenters. The number of benzene rings is 1. The van der Waals surface area contributed by atoms with E-state index in [0.29, 0.717) is 5.92 Å². The molecule has 1 aliphatic heterocycles. The molecule has 0 aliphatic carbocycles. The number of carbonyl (C=O) groups is 1. The van der Waals surface area contributed by atoms with E-state index < -0.39 is 0 Å². The molecule has 1 aromatic heterocycles. The van der Waals surface area contributed by atoms with Crippen molar-refractivity contribution in [1.29, 1.82) is 0 Å². The summed E-state index contributed by atoms with van der Waals surface area (Å²) in [5.74, 6) is 0.853. The Morgan fingerprint density at radius 3 is 2.54 bits per heavy atom. The molecule has 1 aliphatic rings. The van der Waals surface area contributed by atoms with Crippen LogP contribution in [0.3, 0.4) is 0 Å². The van der Waals surface area contributed by atoms with Gasteiger partial charge in [0.25, 0.3) is 0 Å². The van der Waals surface area contributed by atoms with Gasteiger partial charge < -0.3 is 9.47 Å². The van der Waals surface area contributed by atoms with Gasteiger partial charge in [0.2, 0.25) is 5.91 Å². The van der Waals surface area contributed by atoms with E-state index in [1.54, 1.807) is 12.4 Å². The first kappa shape index (κ1) is 16.5.